The second kappa shape index (κ2) is 10.0. The smallest absolute Gasteiger partial charge is 0.322 e. The molecule has 2 rings (SSSR count). The summed E-state index contributed by atoms with van der Waals surface area (Å²) in [6.45, 7) is 1.64. The summed E-state index contributed by atoms with van der Waals surface area (Å²) in [6, 6.07) is 13.9. The average Bonchev–Trinajstić information content (AvgIpc) is 2.62. The molecule has 0 saturated heterocycles. The lowest BCUT2D eigenvalue weighted by Gasteiger charge is -2.23. The van der Waals surface area contributed by atoms with Crippen LogP contribution in [-0.2, 0) is 11.3 Å². The van der Waals surface area contributed by atoms with Gasteiger partial charge in [0, 0.05) is 26.8 Å². The van der Waals surface area contributed by atoms with Crippen molar-refractivity contribution >= 4 is 23.3 Å². The molecular formula is C19H22ClFN2O2. The van der Waals surface area contributed by atoms with E-state index in [1.54, 1.807) is 18.1 Å². The van der Waals surface area contributed by atoms with E-state index >= 15 is 0 Å². The van der Waals surface area contributed by atoms with Gasteiger partial charge in [0.15, 0.2) is 5.82 Å². The van der Waals surface area contributed by atoms with Crippen LogP contribution in [0.5, 0.6) is 0 Å². The number of nitrogens with one attached hydrogen (secondary N) is 1. The summed E-state index contributed by atoms with van der Waals surface area (Å²) >= 11 is 5.77. The molecule has 25 heavy (non-hydrogen) atoms. The van der Waals surface area contributed by atoms with Crippen molar-refractivity contribution in [1.82, 2.24) is 4.90 Å². The third kappa shape index (κ3) is 6.03. The van der Waals surface area contributed by atoms with Crippen molar-refractivity contribution in [1.29, 1.82) is 0 Å². The normalized spacial score (nSPS) is 10.5. The van der Waals surface area contributed by atoms with Crippen molar-refractivity contribution < 1.29 is 13.9 Å². The molecule has 0 aliphatic carbocycles. The molecule has 2 aromatic rings. The zero-order valence-corrected chi connectivity index (χ0v) is 14.9. The van der Waals surface area contributed by atoms with E-state index < -0.39 is 5.82 Å². The summed E-state index contributed by atoms with van der Waals surface area (Å²) in [5, 5.41) is 2.59. The van der Waals surface area contributed by atoms with Gasteiger partial charge in [-0.15, -0.1) is 0 Å². The standard InChI is InChI=1S/C19H22ClFN2O2/c1-25-13-6-5-12-23(14-15-8-3-2-4-9-15)19(24)22-17-11-7-10-16(20)18(17)21/h2-4,7-11H,5-6,12-14H2,1H3,(H,22,24). The molecule has 0 aromatic heterocycles. The van der Waals surface area contributed by atoms with E-state index in [9.17, 15) is 9.18 Å². The highest BCUT2D eigenvalue weighted by Crippen LogP contribution is 2.22. The predicted molar refractivity (Wildman–Crippen MR) is 98.4 cm³/mol. The molecule has 2 amide bonds. The van der Waals surface area contributed by atoms with Gasteiger partial charge in [-0.2, -0.15) is 0 Å². The number of hydrogen-bond acceptors (Lipinski definition) is 2. The molecule has 4 nitrogen and oxygen atoms in total. The second-order valence-electron chi connectivity index (χ2n) is 5.64. The minimum Gasteiger partial charge on any atom is -0.385 e. The first-order valence-corrected chi connectivity index (χ1v) is 8.52. The van der Waals surface area contributed by atoms with Crippen LogP contribution in [0.1, 0.15) is 18.4 Å². The van der Waals surface area contributed by atoms with Gasteiger partial charge in [-0.05, 0) is 30.5 Å². The van der Waals surface area contributed by atoms with Crippen LogP contribution in [-0.4, -0.2) is 31.2 Å². The minimum atomic E-state index is -0.628. The monoisotopic (exact) mass is 364 g/mol. The Kier molecular flexibility index (Phi) is 7.70. The van der Waals surface area contributed by atoms with Gasteiger partial charge in [0.05, 0.1) is 10.7 Å². The van der Waals surface area contributed by atoms with Crippen molar-refractivity contribution in [3.63, 3.8) is 0 Å². The Morgan fingerprint density at radius 1 is 1.16 bits per heavy atom. The van der Waals surface area contributed by atoms with Gasteiger partial charge in [-0.1, -0.05) is 48.0 Å². The van der Waals surface area contributed by atoms with Crippen LogP contribution in [0.15, 0.2) is 48.5 Å². The Balaban J connectivity index is 2.06. The van der Waals surface area contributed by atoms with E-state index in [0.29, 0.717) is 19.7 Å². The number of hydrogen-bond donors (Lipinski definition) is 1. The van der Waals surface area contributed by atoms with E-state index in [-0.39, 0.29) is 16.7 Å². The number of halogens is 2. The molecular weight excluding hydrogens is 343 g/mol. The van der Waals surface area contributed by atoms with Crippen molar-refractivity contribution in [2.75, 3.05) is 25.6 Å². The number of anilines is 1. The fourth-order valence-electron chi connectivity index (χ4n) is 2.40. The van der Waals surface area contributed by atoms with Crippen molar-refractivity contribution in [2.45, 2.75) is 19.4 Å². The Morgan fingerprint density at radius 2 is 1.92 bits per heavy atom. The van der Waals surface area contributed by atoms with E-state index in [1.807, 2.05) is 30.3 Å². The van der Waals surface area contributed by atoms with Crippen LogP contribution in [0.3, 0.4) is 0 Å². The molecule has 0 aliphatic heterocycles. The first-order chi connectivity index (χ1) is 12.1. The maximum Gasteiger partial charge on any atom is 0.322 e. The number of ether oxygens (including phenoxy) is 1. The highest BCUT2D eigenvalue weighted by Gasteiger charge is 2.16. The number of carbonyl (C=O) groups is 1. The summed E-state index contributed by atoms with van der Waals surface area (Å²) in [7, 11) is 1.65. The Labute approximate surface area is 152 Å². The molecule has 0 radical (unpaired) electrons. The molecule has 0 aliphatic rings. The lowest BCUT2D eigenvalue weighted by Crippen LogP contribution is -2.35. The number of carbonyl (C=O) groups excluding carboxylic acids is 1. The van der Waals surface area contributed by atoms with E-state index in [2.05, 4.69) is 5.32 Å². The molecule has 2 aromatic carbocycles. The fourth-order valence-corrected chi connectivity index (χ4v) is 2.57. The van der Waals surface area contributed by atoms with Crippen molar-refractivity contribution in [3.05, 3.63) is 64.9 Å². The first kappa shape index (κ1) is 19.2. The third-order valence-electron chi connectivity index (χ3n) is 3.72. The summed E-state index contributed by atoms with van der Waals surface area (Å²) < 4.78 is 19.1. The summed E-state index contributed by atoms with van der Waals surface area (Å²) in [6.07, 6.45) is 1.65. The van der Waals surface area contributed by atoms with E-state index in [4.69, 9.17) is 16.3 Å². The second-order valence-corrected chi connectivity index (χ2v) is 6.05. The van der Waals surface area contributed by atoms with E-state index in [0.717, 1.165) is 18.4 Å². The molecule has 0 spiro atoms. The van der Waals surface area contributed by atoms with Gasteiger partial charge in [0.2, 0.25) is 0 Å². The molecule has 0 bridgehead atoms. The highest BCUT2D eigenvalue weighted by molar-refractivity contribution is 6.31. The molecule has 0 atom stereocenters. The maximum absolute atomic E-state index is 14.0. The van der Waals surface area contributed by atoms with Crippen LogP contribution in [0.4, 0.5) is 14.9 Å². The molecule has 0 unspecified atom stereocenters. The summed E-state index contributed by atoms with van der Waals surface area (Å²) in [5.41, 5.74) is 1.09. The number of nitrogens with zero attached hydrogens (tertiary/aromatic N) is 1. The molecule has 6 heteroatoms. The van der Waals surface area contributed by atoms with Crippen LogP contribution in [0.25, 0.3) is 0 Å². The Hall–Kier alpha value is -2.11. The zero-order valence-electron chi connectivity index (χ0n) is 14.2. The Bertz CT molecular complexity index is 682. The molecule has 0 saturated carbocycles. The quantitative estimate of drug-likeness (QED) is 0.674. The molecule has 0 fully saturated rings. The minimum absolute atomic E-state index is 0.0208. The Morgan fingerprint density at radius 3 is 2.64 bits per heavy atom. The van der Waals surface area contributed by atoms with Crippen molar-refractivity contribution in [3.8, 4) is 0 Å². The largest absolute Gasteiger partial charge is 0.385 e. The lowest BCUT2D eigenvalue weighted by molar-refractivity contribution is 0.182. The number of methoxy groups -OCH3 is 1. The number of unbranched alkanes of at least 4 members (excludes halogenated alkanes) is 1. The van der Waals surface area contributed by atoms with Crippen LogP contribution < -0.4 is 5.32 Å². The van der Waals surface area contributed by atoms with Crippen LogP contribution >= 0.6 is 11.6 Å². The number of rotatable bonds is 8. The predicted octanol–water partition coefficient (Wildman–Crippen LogP) is 4.94. The number of benzene rings is 2. The van der Waals surface area contributed by atoms with E-state index in [1.165, 1.54) is 12.1 Å². The average molecular weight is 365 g/mol. The zero-order chi connectivity index (χ0) is 18.1. The van der Waals surface area contributed by atoms with Gasteiger partial charge in [0.25, 0.3) is 0 Å². The van der Waals surface area contributed by atoms with Gasteiger partial charge in [-0.3, -0.25) is 0 Å². The van der Waals surface area contributed by atoms with Gasteiger partial charge in [-0.25, -0.2) is 9.18 Å². The number of urea groups is 1. The molecule has 1 N–H and O–H groups in total. The highest BCUT2D eigenvalue weighted by atomic mass is 35.5. The maximum atomic E-state index is 14.0. The van der Waals surface area contributed by atoms with Crippen LogP contribution in [0, 0.1) is 5.82 Å². The van der Waals surface area contributed by atoms with Gasteiger partial charge < -0.3 is 15.0 Å². The van der Waals surface area contributed by atoms with Gasteiger partial charge >= 0.3 is 6.03 Å². The van der Waals surface area contributed by atoms with Gasteiger partial charge in [0.1, 0.15) is 0 Å². The SMILES string of the molecule is COCCCCN(Cc1ccccc1)C(=O)Nc1cccc(Cl)c1F. The molecule has 134 valence electrons. The first-order valence-electron chi connectivity index (χ1n) is 8.14. The lowest BCUT2D eigenvalue weighted by atomic mass is 10.2. The topological polar surface area (TPSA) is 41.6 Å². The fraction of sp³-hybridized carbons (Fsp3) is 0.316. The third-order valence-corrected chi connectivity index (χ3v) is 4.02. The van der Waals surface area contributed by atoms with Crippen molar-refractivity contribution in [2.24, 2.45) is 0 Å². The summed E-state index contributed by atoms with van der Waals surface area (Å²) in [4.78, 5) is 14.3. The number of amides is 2. The van der Waals surface area contributed by atoms with Crippen LogP contribution in [0.2, 0.25) is 5.02 Å². The summed E-state index contributed by atoms with van der Waals surface area (Å²) in [5.74, 6) is -0.628. The molecule has 0 heterocycles.